The minimum atomic E-state index is 0.542. The minimum absolute atomic E-state index is 0.542. The summed E-state index contributed by atoms with van der Waals surface area (Å²) in [4.78, 5) is 10.0. The lowest BCUT2D eigenvalue weighted by Crippen LogP contribution is -2.29. The summed E-state index contributed by atoms with van der Waals surface area (Å²) >= 11 is 0. The number of rotatable bonds is 3. The van der Waals surface area contributed by atoms with Crippen LogP contribution in [0.1, 0.15) is 36.7 Å². The Hall–Kier alpha value is -1.34. The predicted molar refractivity (Wildman–Crippen MR) is 62.0 cm³/mol. The van der Waals surface area contributed by atoms with Crippen LogP contribution in [0.4, 0.5) is 0 Å². The third-order valence-corrected chi connectivity index (χ3v) is 3.28. The highest BCUT2D eigenvalue weighted by Crippen LogP contribution is 2.25. The van der Waals surface area contributed by atoms with Crippen molar-refractivity contribution in [3.05, 3.63) is 17.7 Å². The summed E-state index contributed by atoms with van der Waals surface area (Å²) in [5.41, 5.74) is 1.25. The summed E-state index contributed by atoms with van der Waals surface area (Å²) in [6, 6.07) is 2.14. The van der Waals surface area contributed by atoms with Gasteiger partial charge in [0.2, 0.25) is 0 Å². The number of likely N-dealkylation sites (tertiary alicyclic amines) is 1. The third-order valence-electron chi connectivity index (χ3n) is 3.28. The van der Waals surface area contributed by atoms with E-state index in [0.29, 0.717) is 12.3 Å². The average molecular weight is 218 g/mol. The Kier molecular flexibility index (Phi) is 3.58. The van der Waals surface area contributed by atoms with E-state index in [1.165, 1.54) is 18.5 Å². The molecule has 2 heterocycles. The van der Waals surface area contributed by atoms with Gasteiger partial charge in [-0.3, -0.25) is 0 Å². The molecule has 2 rings (SSSR count). The van der Waals surface area contributed by atoms with Gasteiger partial charge in [-0.05, 0) is 33.0 Å². The highest BCUT2D eigenvalue weighted by Gasteiger charge is 2.19. The normalized spacial score (nSPS) is 18.5. The number of piperidine rings is 1. The quantitative estimate of drug-likeness (QED) is 0.839. The Morgan fingerprint density at radius 3 is 3.00 bits per heavy atom. The third kappa shape index (κ3) is 2.61. The van der Waals surface area contributed by atoms with Crippen molar-refractivity contribution < 1.29 is 0 Å². The van der Waals surface area contributed by atoms with E-state index < -0.39 is 0 Å². The number of imidazole rings is 1. The van der Waals surface area contributed by atoms with Gasteiger partial charge in [0.25, 0.3) is 0 Å². The predicted octanol–water partition coefficient (Wildman–Crippen LogP) is 1.68. The first-order valence-electron chi connectivity index (χ1n) is 5.89. The van der Waals surface area contributed by atoms with E-state index in [0.717, 1.165) is 25.3 Å². The summed E-state index contributed by atoms with van der Waals surface area (Å²) in [6.07, 6.45) is 5.64. The first-order chi connectivity index (χ1) is 7.79. The molecule has 0 atom stereocenters. The van der Waals surface area contributed by atoms with Crippen molar-refractivity contribution in [1.29, 1.82) is 5.26 Å². The van der Waals surface area contributed by atoms with Crippen LogP contribution in [-0.2, 0) is 6.42 Å². The van der Waals surface area contributed by atoms with Gasteiger partial charge in [-0.25, -0.2) is 4.98 Å². The lowest BCUT2D eigenvalue weighted by atomic mass is 9.94. The summed E-state index contributed by atoms with van der Waals surface area (Å²) in [5, 5.41) is 8.52. The highest BCUT2D eigenvalue weighted by atomic mass is 15.1. The zero-order chi connectivity index (χ0) is 11.4. The molecule has 86 valence electrons. The molecule has 1 aliphatic rings. The van der Waals surface area contributed by atoms with Gasteiger partial charge in [0.15, 0.2) is 0 Å². The number of nitrogens with zero attached hydrogens (tertiary/aromatic N) is 3. The maximum absolute atomic E-state index is 8.52. The van der Waals surface area contributed by atoms with E-state index in [9.17, 15) is 0 Å². The second-order valence-electron chi connectivity index (χ2n) is 4.52. The molecule has 1 N–H and O–H groups in total. The second kappa shape index (κ2) is 5.13. The number of aryl methyl sites for hydroxylation is 1. The fourth-order valence-electron chi connectivity index (χ4n) is 2.21. The van der Waals surface area contributed by atoms with Crippen LogP contribution in [0.25, 0.3) is 0 Å². The molecule has 1 saturated heterocycles. The van der Waals surface area contributed by atoms with Gasteiger partial charge in [-0.15, -0.1) is 0 Å². The Morgan fingerprint density at radius 1 is 1.56 bits per heavy atom. The number of hydrogen-bond donors (Lipinski definition) is 1. The van der Waals surface area contributed by atoms with Crippen molar-refractivity contribution in [2.75, 3.05) is 20.1 Å². The Labute approximate surface area is 96.3 Å². The zero-order valence-electron chi connectivity index (χ0n) is 9.74. The molecule has 0 aliphatic carbocycles. The first kappa shape index (κ1) is 11.2. The van der Waals surface area contributed by atoms with Crippen molar-refractivity contribution in [1.82, 2.24) is 14.9 Å². The van der Waals surface area contributed by atoms with Crippen LogP contribution < -0.4 is 0 Å². The molecule has 0 amide bonds. The van der Waals surface area contributed by atoms with Crippen LogP contribution in [0.3, 0.4) is 0 Å². The average Bonchev–Trinajstić information content (AvgIpc) is 2.76. The second-order valence-corrected chi connectivity index (χ2v) is 4.52. The molecule has 0 radical (unpaired) electrons. The maximum atomic E-state index is 8.52. The molecule has 1 aromatic heterocycles. The molecule has 4 nitrogen and oxygen atoms in total. The van der Waals surface area contributed by atoms with Crippen molar-refractivity contribution in [2.24, 2.45) is 0 Å². The number of nitrogens with one attached hydrogen (secondary N) is 1. The van der Waals surface area contributed by atoms with E-state index in [4.69, 9.17) is 5.26 Å². The van der Waals surface area contributed by atoms with Gasteiger partial charge in [0, 0.05) is 30.7 Å². The number of nitriles is 1. The van der Waals surface area contributed by atoms with Crippen molar-refractivity contribution in [2.45, 2.75) is 31.6 Å². The number of aromatic amines is 1. The van der Waals surface area contributed by atoms with Crippen LogP contribution >= 0.6 is 0 Å². The maximum Gasteiger partial charge on any atom is 0.107 e. The number of hydrogen-bond acceptors (Lipinski definition) is 3. The molecule has 1 fully saturated rings. The fourth-order valence-corrected chi connectivity index (χ4v) is 2.21. The SMILES string of the molecule is CN1CCC(c2cnc(CCC#N)[nH]2)CC1. The smallest absolute Gasteiger partial charge is 0.107 e. The van der Waals surface area contributed by atoms with E-state index in [1.807, 2.05) is 6.20 Å². The number of H-pyrrole nitrogens is 1. The fraction of sp³-hybridized carbons (Fsp3) is 0.667. The molecule has 16 heavy (non-hydrogen) atoms. The van der Waals surface area contributed by atoms with E-state index in [2.05, 4.69) is 28.0 Å². The van der Waals surface area contributed by atoms with Crippen LogP contribution in [0.2, 0.25) is 0 Å². The molecule has 1 aromatic rings. The number of aromatic nitrogens is 2. The van der Waals surface area contributed by atoms with Crippen molar-refractivity contribution in [3.63, 3.8) is 0 Å². The molecule has 0 bridgehead atoms. The van der Waals surface area contributed by atoms with Gasteiger partial charge in [-0.1, -0.05) is 0 Å². The molecule has 0 aromatic carbocycles. The molecule has 1 aliphatic heterocycles. The summed E-state index contributed by atoms with van der Waals surface area (Å²) in [7, 11) is 2.17. The van der Waals surface area contributed by atoms with E-state index in [1.54, 1.807) is 0 Å². The van der Waals surface area contributed by atoms with Crippen molar-refractivity contribution in [3.8, 4) is 6.07 Å². The minimum Gasteiger partial charge on any atom is -0.346 e. The van der Waals surface area contributed by atoms with Crippen molar-refractivity contribution >= 4 is 0 Å². The Morgan fingerprint density at radius 2 is 2.31 bits per heavy atom. The summed E-state index contributed by atoms with van der Waals surface area (Å²) < 4.78 is 0. The standard InChI is InChI=1S/C12H18N4/c1-16-7-4-10(5-8-16)11-9-14-12(15-11)3-2-6-13/h9-10H,2-5,7-8H2,1H3,(H,14,15). The van der Waals surface area contributed by atoms with E-state index in [-0.39, 0.29) is 0 Å². The summed E-state index contributed by atoms with van der Waals surface area (Å²) in [5.74, 6) is 1.58. The largest absolute Gasteiger partial charge is 0.346 e. The van der Waals surface area contributed by atoms with Crippen LogP contribution in [0, 0.1) is 11.3 Å². The lowest BCUT2D eigenvalue weighted by molar-refractivity contribution is 0.253. The van der Waals surface area contributed by atoms with Crippen LogP contribution in [0.15, 0.2) is 6.20 Å². The van der Waals surface area contributed by atoms with Crippen LogP contribution in [-0.4, -0.2) is 35.0 Å². The van der Waals surface area contributed by atoms with Gasteiger partial charge >= 0.3 is 0 Å². The Balaban J connectivity index is 1.94. The Bertz CT molecular complexity index is 369. The van der Waals surface area contributed by atoms with Crippen LogP contribution in [0.5, 0.6) is 0 Å². The van der Waals surface area contributed by atoms with E-state index >= 15 is 0 Å². The molecular formula is C12H18N4. The molecule has 0 spiro atoms. The van der Waals surface area contributed by atoms with Gasteiger partial charge in [0.05, 0.1) is 6.07 Å². The molecule has 4 heteroatoms. The van der Waals surface area contributed by atoms with Gasteiger partial charge < -0.3 is 9.88 Å². The zero-order valence-corrected chi connectivity index (χ0v) is 9.74. The summed E-state index contributed by atoms with van der Waals surface area (Å²) in [6.45, 7) is 2.33. The van der Waals surface area contributed by atoms with Gasteiger partial charge in [-0.2, -0.15) is 5.26 Å². The first-order valence-corrected chi connectivity index (χ1v) is 5.89. The monoisotopic (exact) mass is 218 g/mol. The van der Waals surface area contributed by atoms with Gasteiger partial charge in [0.1, 0.15) is 5.82 Å². The molecule has 0 saturated carbocycles. The topological polar surface area (TPSA) is 55.7 Å². The highest BCUT2D eigenvalue weighted by molar-refractivity contribution is 5.09. The lowest BCUT2D eigenvalue weighted by Gasteiger charge is -2.28. The molecule has 0 unspecified atom stereocenters. The molecular weight excluding hydrogens is 200 g/mol.